The number of rotatable bonds is 4. The molecular weight excluding hydrogens is 243 g/mol. The van der Waals surface area contributed by atoms with Crippen LogP contribution in [0.15, 0.2) is 18.2 Å². The molecule has 0 saturated heterocycles. The standard InChI is InChI=1S/C13H18F3NO/c1-3-6-12(18,8-17)11-5-4-10(7-9(11)2)13(14,15)16/h4-5,7,18H,3,6,8,17H2,1-2H3. The highest BCUT2D eigenvalue weighted by molar-refractivity contribution is 5.36. The van der Waals surface area contributed by atoms with Gasteiger partial charge in [0.15, 0.2) is 0 Å². The average molecular weight is 261 g/mol. The van der Waals surface area contributed by atoms with E-state index in [1.807, 2.05) is 6.92 Å². The van der Waals surface area contributed by atoms with Crippen LogP contribution in [0.1, 0.15) is 36.5 Å². The second-order valence-corrected chi connectivity index (χ2v) is 4.51. The van der Waals surface area contributed by atoms with Crippen LogP contribution in [0.4, 0.5) is 13.2 Å². The molecule has 0 amide bonds. The van der Waals surface area contributed by atoms with Gasteiger partial charge in [0, 0.05) is 6.54 Å². The molecule has 18 heavy (non-hydrogen) atoms. The van der Waals surface area contributed by atoms with Crippen LogP contribution in [0.2, 0.25) is 0 Å². The third-order valence-corrected chi connectivity index (χ3v) is 3.06. The first-order valence-corrected chi connectivity index (χ1v) is 5.85. The lowest BCUT2D eigenvalue weighted by Crippen LogP contribution is -2.35. The van der Waals surface area contributed by atoms with E-state index in [9.17, 15) is 18.3 Å². The molecule has 0 radical (unpaired) electrons. The number of hydrogen-bond acceptors (Lipinski definition) is 2. The summed E-state index contributed by atoms with van der Waals surface area (Å²) in [6, 6.07) is 3.35. The van der Waals surface area contributed by atoms with Gasteiger partial charge in [0.2, 0.25) is 0 Å². The highest BCUT2D eigenvalue weighted by Crippen LogP contribution is 2.34. The quantitative estimate of drug-likeness (QED) is 0.875. The highest BCUT2D eigenvalue weighted by Gasteiger charge is 2.33. The van der Waals surface area contributed by atoms with E-state index in [1.54, 1.807) is 6.92 Å². The van der Waals surface area contributed by atoms with E-state index in [1.165, 1.54) is 6.07 Å². The molecule has 0 bridgehead atoms. The molecule has 1 unspecified atom stereocenters. The van der Waals surface area contributed by atoms with Crippen molar-refractivity contribution in [1.82, 2.24) is 0 Å². The fourth-order valence-electron chi connectivity index (χ4n) is 2.12. The number of alkyl halides is 3. The second kappa shape index (κ2) is 5.28. The maximum Gasteiger partial charge on any atom is 0.416 e. The highest BCUT2D eigenvalue weighted by atomic mass is 19.4. The van der Waals surface area contributed by atoms with Crippen molar-refractivity contribution >= 4 is 0 Å². The molecule has 0 aliphatic rings. The van der Waals surface area contributed by atoms with Crippen LogP contribution in [0, 0.1) is 6.92 Å². The van der Waals surface area contributed by atoms with E-state index in [0.717, 1.165) is 12.1 Å². The molecule has 0 aliphatic carbocycles. The van der Waals surface area contributed by atoms with Gasteiger partial charge in [-0.15, -0.1) is 0 Å². The van der Waals surface area contributed by atoms with Crippen LogP contribution >= 0.6 is 0 Å². The van der Waals surface area contributed by atoms with E-state index in [0.29, 0.717) is 24.0 Å². The first-order valence-electron chi connectivity index (χ1n) is 5.85. The lowest BCUT2D eigenvalue weighted by atomic mass is 9.86. The average Bonchev–Trinajstić information content (AvgIpc) is 2.27. The summed E-state index contributed by atoms with van der Waals surface area (Å²) < 4.78 is 37.6. The van der Waals surface area contributed by atoms with Crippen molar-refractivity contribution in [2.45, 2.75) is 38.5 Å². The Bertz CT molecular complexity index is 417. The predicted molar refractivity (Wildman–Crippen MR) is 64.0 cm³/mol. The maximum absolute atomic E-state index is 12.5. The molecule has 1 rings (SSSR count). The van der Waals surface area contributed by atoms with Crippen LogP contribution in [-0.2, 0) is 11.8 Å². The maximum atomic E-state index is 12.5. The van der Waals surface area contributed by atoms with Gasteiger partial charge < -0.3 is 10.8 Å². The third kappa shape index (κ3) is 3.03. The Morgan fingerprint density at radius 2 is 1.89 bits per heavy atom. The Morgan fingerprint density at radius 3 is 2.28 bits per heavy atom. The van der Waals surface area contributed by atoms with Crippen molar-refractivity contribution in [3.05, 3.63) is 34.9 Å². The summed E-state index contributed by atoms with van der Waals surface area (Å²) in [5.74, 6) is 0. The second-order valence-electron chi connectivity index (χ2n) is 4.51. The van der Waals surface area contributed by atoms with Crippen molar-refractivity contribution in [3.63, 3.8) is 0 Å². The molecule has 102 valence electrons. The monoisotopic (exact) mass is 261 g/mol. The number of benzene rings is 1. The Morgan fingerprint density at radius 1 is 1.28 bits per heavy atom. The summed E-state index contributed by atoms with van der Waals surface area (Å²) in [7, 11) is 0. The van der Waals surface area contributed by atoms with Gasteiger partial charge in [0.1, 0.15) is 5.60 Å². The molecule has 1 aromatic rings. The van der Waals surface area contributed by atoms with E-state index >= 15 is 0 Å². The first kappa shape index (κ1) is 15.0. The molecule has 0 aliphatic heterocycles. The molecule has 2 nitrogen and oxygen atoms in total. The number of aliphatic hydroxyl groups is 1. The van der Waals surface area contributed by atoms with Gasteiger partial charge in [0.05, 0.1) is 5.56 Å². The third-order valence-electron chi connectivity index (χ3n) is 3.06. The topological polar surface area (TPSA) is 46.2 Å². The van der Waals surface area contributed by atoms with Gasteiger partial charge in [-0.05, 0) is 36.6 Å². The largest absolute Gasteiger partial charge is 0.416 e. The van der Waals surface area contributed by atoms with Gasteiger partial charge in [-0.1, -0.05) is 19.4 Å². The summed E-state index contributed by atoms with van der Waals surface area (Å²) >= 11 is 0. The van der Waals surface area contributed by atoms with E-state index in [4.69, 9.17) is 5.73 Å². The summed E-state index contributed by atoms with van der Waals surface area (Å²) in [6.45, 7) is 3.44. The van der Waals surface area contributed by atoms with Crippen molar-refractivity contribution < 1.29 is 18.3 Å². The minimum absolute atomic E-state index is 0.00690. The molecule has 0 heterocycles. The van der Waals surface area contributed by atoms with Crippen molar-refractivity contribution in [3.8, 4) is 0 Å². The molecular formula is C13H18F3NO. The molecule has 0 fully saturated rings. The molecule has 0 saturated carbocycles. The minimum atomic E-state index is -4.37. The lowest BCUT2D eigenvalue weighted by Gasteiger charge is -2.28. The molecule has 0 spiro atoms. The van der Waals surface area contributed by atoms with Crippen LogP contribution in [0.3, 0.4) is 0 Å². The molecule has 3 N–H and O–H groups in total. The lowest BCUT2D eigenvalue weighted by molar-refractivity contribution is -0.137. The number of nitrogens with two attached hydrogens (primary N) is 1. The Labute approximate surface area is 105 Å². The Hall–Kier alpha value is -1.07. The van der Waals surface area contributed by atoms with Gasteiger partial charge >= 0.3 is 6.18 Å². The van der Waals surface area contributed by atoms with Gasteiger partial charge in [-0.2, -0.15) is 13.2 Å². The van der Waals surface area contributed by atoms with Crippen LogP contribution in [0.5, 0.6) is 0 Å². The fraction of sp³-hybridized carbons (Fsp3) is 0.538. The molecule has 1 atom stereocenters. The van der Waals surface area contributed by atoms with E-state index in [2.05, 4.69) is 0 Å². The van der Waals surface area contributed by atoms with Crippen LogP contribution < -0.4 is 5.73 Å². The summed E-state index contributed by atoms with van der Waals surface area (Å²) in [5.41, 5.74) is 4.47. The number of halogens is 3. The summed E-state index contributed by atoms with van der Waals surface area (Å²) in [6.07, 6.45) is -3.24. The zero-order valence-electron chi connectivity index (χ0n) is 10.5. The molecule has 1 aromatic carbocycles. The fourth-order valence-corrected chi connectivity index (χ4v) is 2.12. The van der Waals surface area contributed by atoms with Crippen molar-refractivity contribution in [2.24, 2.45) is 5.73 Å². The van der Waals surface area contributed by atoms with Crippen molar-refractivity contribution in [2.75, 3.05) is 6.54 Å². The Kier molecular flexibility index (Phi) is 4.40. The van der Waals surface area contributed by atoms with Crippen LogP contribution in [-0.4, -0.2) is 11.7 Å². The normalized spacial score (nSPS) is 15.5. The van der Waals surface area contributed by atoms with Gasteiger partial charge in [-0.25, -0.2) is 0 Å². The zero-order valence-corrected chi connectivity index (χ0v) is 10.5. The first-order chi connectivity index (χ1) is 8.24. The Balaban J connectivity index is 3.20. The smallest absolute Gasteiger partial charge is 0.384 e. The van der Waals surface area contributed by atoms with E-state index < -0.39 is 17.3 Å². The molecule has 5 heteroatoms. The minimum Gasteiger partial charge on any atom is -0.384 e. The SMILES string of the molecule is CCCC(O)(CN)c1ccc(C(F)(F)F)cc1C. The van der Waals surface area contributed by atoms with Gasteiger partial charge in [0.25, 0.3) is 0 Å². The molecule has 0 aromatic heterocycles. The van der Waals surface area contributed by atoms with Gasteiger partial charge in [-0.3, -0.25) is 0 Å². The van der Waals surface area contributed by atoms with Crippen molar-refractivity contribution in [1.29, 1.82) is 0 Å². The summed E-state index contributed by atoms with van der Waals surface area (Å²) in [5, 5.41) is 10.4. The number of hydrogen-bond donors (Lipinski definition) is 2. The summed E-state index contributed by atoms with van der Waals surface area (Å²) in [4.78, 5) is 0. The predicted octanol–water partition coefficient (Wildman–Crippen LogP) is 2.96. The van der Waals surface area contributed by atoms with Crippen LogP contribution in [0.25, 0.3) is 0 Å². The zero-order chi connectivity index (χ0) is 14.0. The number of aryl methyl sites for hydroxylation is 1. The van der Waals surface area contributed by atoms with E-state index in [-0.39, 0.29) is 6.54 Å².